The van der Waals surface area contributed by atoms with Crippen LogP contribution in [0.15, 0.2) is 18.3 Å². The summed E-state index contributed by atoms with van der Waals surface area (Å²) < 4.78 is 0. The Labute approximate surface area is 105 Å². The van der Waals surface area contributed by atoms with Crippen LogP contribution in [0.5, 0.6) is 0 Å². The second-order valence-corrected chi connectivity index (χ2v) is 5.40. The molecular weight excluding hydrogens is 210 g/mol. The van der Waals surface area contributed by atoms with E-state index in [1.54, 1.807) is 0 Å². The lowest BCUT2D eigenvalue weighted by molar-refractivity contribution is 0.356. The van der Waals surface area contributed by atoms with Crippen LogP contribution in [0.3, 0.4) is 0 Å². The molecule has 0 amide bonds. The van der Waals surface area contributed by atoms with Gasteiger partial charge >= 0.3 is 0 Å². The smallest absolute Gasteiger partial charge is 0.129 e. The van der Waals surface area contributed by atoms with Crippen LogP contribution in [0, 0.1) is 12.8 Å². The second-order valence-electron chi connectivity index (χ2n) is 5.40. The molecule has 1 atom stereocenters. The van der Waals surface area contributed by atoms with Crippen LogP contribution in [0.2, 0.25) is 0 Å². The number of rotatable bonds is 6. The monoisotopic (exact) mass is 235 g/mol. The molecule has 0 radical (unpaired) electrons. The molecule has 1 unspecified atom stereocenters. The van der Waals surface area contributed by atoms with Crippen LogP contribution in [-0.4, -0.2) is 36.6 Å². The van der Waals surface area contributed by atoms with Crippen LogP contribution >= 0.6 is 0 Å². The molecule has 0 saturated carbocycles. The third kappa shape index (κ3) is 5.18. The fourth-order valence-electron chi connectivity index (χ4n) is 2.02. The molecule has 96 valence electrons. The molecule has 0 aliphatic carbocycles. The van der Waals surface area contributed by atoms with Crippen LogP contribution < -0.4 is 5.32 Å². The van der Waals surface area contributed by atoms with Gasteiger partial charge in [-0.2, -0.15) is 0 Å². The zero-order valence-corrected chi connectivity index (χ0v) is 11.7. The van der Waals surface area contributed by atoms with Gasteiger partial charge in [0.25, 0.3) is 0 Å². The number of nitrogens with zero attached hydrogens (tertiary/aromatic N) is 2. The van der Waals surface area contributed by atoms with Crippen molar-refractivity contribution in [2.45, 2.75) is 33.2 Å². The van der Waals surface area contributed by atoms with Gasteiger partial charge in [0, 0.05) is 18.8 Å². The molecule has 1 aromatic rings. The normalized spacial score (nSPS) is 13.1. The van der Waals surface area contributed by atoms with Crippen molar-refractivity contribution >= 4 is 5.82 Å². The van der Waals surface area contributed by atoms with E-state index in [0.717, 1.165) is 18.8 Å². The molecule has 1 heterocycles. The average molecular weight is 235 g/mol. The number of anilines is 1. The van der Waals surface area contributed by atoms with E-state index in [4.69, 9.17) is 0 Å². The van der Waals surface area contributed by atoms with Crippen molar-refractivity contribution in [3.63, 3.8) is 0 Å². The molecule has 0 spiro atoms. The molecule has 1 N–H and O–H groups in total. The molecule has 0 aliphatic rings. The van der Waals surface area contributed by atoms with Gasteiger partial charge in [-0.1, -0.05) is 19.9 Å². The first kappa shape index (κ1) is 14.0. The number of hydrogen-bond donors (Lipinski definition) is 1. The summed E-state index contributed by atoms with van der Waals surface area (Å²) in [6, 6.07) is 4.53. The Balaban J connectivity index is 2.68. The lowest BCUT2D eigenvalue weighted by atomic mass is 10.0. The first-order valence-corrected chi connectivity index (χ1v) is 6.32. The van der Waals surface area contributed by atoms with Gasteiger partial charge in [0.1, 0.15) is 5.82 Å². The molecule has 1 rings (SSSR count). The zero-order valence-electron chi connectivity index (χ0n) is 11.7. The highest BCUT2D eigenvalue weighted by Crippen LogP contribution is 2.15. The Morgan fingerprint density at radius 1 is 1.35 bits per heavy atom. The Morgan fingerprint density at radius 2 is 2.06 bits per heavy atom. The highest BCUT2D eigenvalue weighted by atomic mass is 15.1. The largest absolute Gasteiger partial charge is 0.366 e. The Morgan fingerprint density at radius 3 is 2.59 bits per heavy atom. The lowest BCUT2D eigenvalue weighted by Crippen LogP contribution is -2.34. The Kier molecular flexibility index (Phi) is 5.42. The minimum atomic E-state index is 0.457. The van der Waals surface area contributed by atoms with Gasteiger partial charge in [0.05, 0.1) is 0 Å². The molecule has 1 aromatic heterocycles. The summed E-state index contributed by atoms with van der Waals surface area (Å²) in [6.45, 7) is 7.65. The lowest BCUT2D eigenvalue weighted by Gasteiger charge is -2.25. The predicted molar refractivity (Wildman–Crippen MR) is 74.4 cm³/mol. The first-order valence-electron chi connectivity index (χ1n) is 6.32. The fourth-order valence-corrected chi connectivity index (χ4v) is 2.02. The summed E-state index contributed by atoms with van der Waals surface area (Å²) >= 11 is 0. The van der Waals surface area contributed by atoms with Gasteiger partial charge in [-0.05, 0) is 45.0 Å². The van der Waals surface area contributed by atoms with E-state index in [0.29, 0.717) is 12.0 Å². The molecule has 0 fully saturated rings. The van der Waals surface area contributed by atoms with Crippen molar-refractivity contribution in [3.8, 4) is 0 Å². The van der Waals surface area contributed by atoms with Crippen LogP contribution in [0.4, 0.5) is 5.82 Å². The molecule has 0 saturated heterocycles. The topological polar surface area (TPSA) is 28.2 Å². The maximum atomic E-state index is 4.40. The van der Waals surface area contributed by atoms with Crippen molar-refractivity contribution in [2.75, 3.05) is 26.0 Å². The summed E-state index contributed by atoms with van der Waals surface area (Å²) in [6.07, 6.45) is 3.01. The number of likely N-dealkylation sites (N-methyl/N-ethyl adjacent to an activating group) is 1. The van der Waals surface area contributed by atoms with Crippen LogP contribution in [-0.2, 0) is 0 Å². The van der Waals surface area contributed by atoms with E-state index in [2.05, 4.69) is 56.1 Å². The minimum Gasteiger partial charge on any atom is -0.366 e. The molecule has 0 aromatic carbocycles. The SMILES string of the molecule is Cc1cccnc1NC(CC(C)C)CN(C)C. The quantitative estimate of drug-likeness (QED) is 0.822. The first-order chi connectivity index (χ1) is 7.99. The van der Waals surface area contributed by atoms with Crippen molar-refractivity contribution in [2.24, 2.45) is 5.92 Å². The van der Waals surface area contributed by atoms with Gasteiger partial charge in [0.2, 0.25) is 0 Å². The fraction of sp³-hybridized carbons (Fsp3) is 0.643. The number of nitrogens with one attached hydrogen (secondary N) is 1. The van der Waals surface area contributed by atoms with Crippen molar-refractivity contribution in [3.05, 3.63) is 23.9 Å². The number of aromatic nitrogens is 1. The van der Waals surface area contributed by atoms with Gasteiger partial charge in [0.15, 0.2) is 0 Å². The summed E-state index contributed by atoms with van der Waals surface area (Å²) in [5.41, 5.74) is 1.21. The Hall–Kier alpha value is -1.09. The van der Waals surface area contributed by atoms with E-state index in [1.165, 1.54) is 5.56 Å². The molecule has 0 bridgehead atoms. The summed E-state index contributed by atoms with van der Waals surface area (Å²) in [5.74, 6) is 1.71. The highest BCUT2D eigenvalue weighted by Gasteiger charge is 2.13. The van der Waals surface area contributed by atoms with E-state index in [-0.39, 0.29) is 0 Å². The molecular formula is C14H25N3. The van der Waals surface area contributed by atoms with E-state index < -0.39 is 0 Å². The number of aryl methyl sites for hydroxylation is 1. The minimum absolute atomic E-state index is 0.457. The van der Waals surface area contributed by atoms with Gasteiger partial charge < -0.3 is 10.2 Å². The molecule has 17 heavy (non-hydrogen) atoms. The Bertz CT molecular complexity index is 324. The van der Waals surface area contributed by atoms with Crippen molar-refractivity contribution in [1.82, 2.24) is 9.88 Å². The van der Waals surface area contributed by atoms with E-state index in [9.17, 15) is 0 Å². The van der Waals surface area contributed by atoms with Crippen LogP contribution in [0.1, 0.15) is 25.8 Å². The highest BCUT2D eigenvalue weighted by molar-refractivity contribution is 5.43. The van der Waals surface area contributed by atoms with Gasteiger partial charge in [-0.15, -0.1) is 0 Å². The number of hydrogen-bond acceptors (Lipinski definition) is 3. The standard InChI is InChI=1S/C14H25N3/c1-11(2)9-13(10-17(4)5)16-14-12(3)7-6-8-15-14/h6-8,11,13H,9-10H2,1-5H3,(H,15,16). The summed E-state index contributed by atoms with van der Waals surface area (Å²) in [7, 11) is 4.22. The van der Waals surface area contributed by atoms with Gasteiger partial charge in [-0.25, -0.2) is 4.98 Å². The van der Waals surface area contributed by atoms with Gasteiger partial charge in [-0.3, -0.25) is 0 Å². The maximum absolute atomic E-state index is 4.40. The molecule has 3 heteroatoms. The summed E-state index contributed by atoms with van der Waals surface area (Å²) in [4.78, 5) is 6.62. The molecule has 0 aliphatic heterocycles. The third-order valence-corrected chi connectivity index (χ3v) is 2.69. The predicted octanol–water partition coefficient (Wildman–Crippen LogP) is 2.78. The number of pyridine rings is 1. The van der Waals surface area contributed by atoms with Crippen LogP contribution in [0.25, 0.3) is 0 Å². The summed E-state index contributed by atoms with van der Waals surface area (Å²) in [5, 5.41) is 3.56. The van der Waals surface area contributed by atoms with E-state index >= 15 is 0 Å². The zero-order chi connectivity index (χ0) is 12.8. The van der Waals surface area contributed by atoms with E-state index in [1.807, 2.05) is 12.3 Å². The maximum Gasteiger partial charge on any atom is 0.129 e. The second kappa shape index (κ2) is 6.60. The van der Waals surface area contributed by atoms with Crippen molar-refractivity contribution < 1.29 is 0 Å². The third-order valence-electron chi connectivity index (χ3n) is 2.69. The average Bonchev–Trinajstić information content (AvgIpc) is 2.19. The molecule has 3 nitrogen and oxygen atoms in total. The van der Waals surface area contributed by atoms with Crippen molar-refractivity contribution in [1.29, 1.82) is 0 Å².